The van der Waals surface area contributed by atoms with Crippen LogP contribution in [0.2, 0.25) is 10.0 Å². The van der Waals surface area contributed by atoms with Crippen molar-refractivity contribution >= 4 is 23.2 Å². The number of hydrogen-bond donors (Lipinski definition) is 1. The summed E-state index contributed by atoms with van der Waals surface area (Å²) in [7, 11) is 0. The van der Waals surface area contributed by atoms with Gasteiger partial charge in [-0.1, -0.05) is 35.7 Å². The Bertz CT molecular complexity index is 338. The molecule has 1 saturated carbocycles. The topological polar surface area (TPSA) is 20.2 Å². The van der Waals surface area contributed by atoms with Crippen LogP contribution in [0.4, 0.5) is 0 Å². The zero-order valence-corrected chi connectivity index (χ0v) is 9.22. The number of aliphatic hydroxyl groups is 1. The van der Waals surface area contributed by atoms with E-state index in [-0.39, 0.29) is 12.0 Å². The van der Waals surface area contributed by atoms with E-state index in [1.807, 2.05) is 12.1 Å². The zero-order valence-electron chi connectivity index (χ0n) is 7.71. The Kier molecular flexibility index (Phi) is 3.01. The van der Waals surface area contributed by atoms with Gasteiger partial charge in [-0.15, -0.1) is 0 Å². The second-order valence-corrected chi connectivity index (χ2v) is 4.59. The lowest BCUT2D eigenvalue weighted by molar-refractivity contribution is 0.164. The third kappa shape index (κ3) is 1.90. The number of rotatable bonds is 1. The van der Waals surface area contributed by atoms with E-state index in [1.165, 1.54) is 0 Å². The molecule has 1 aliphatic rings. The monoisotopic (exact) mass is 230 g/mol. The Morgan fingerprint density at radius 2 is 1.93 bits per heavy atom. The van der Waals surface area contributed by atoms with Crippen molar-refractivity contribution in [2.24, 2.45) is 0 Å². The van der Waals surface area contributed by atoms with E-state index in [4.69, 9.17) is 23.2 Å². The molecule has 0 bridgehead atoms. The SMILES string of the molecule is O[C@H]1CCC[C@@H]1c1ccc(Cl)c(Cl)c1. The molecule has 1 N–H and O–H groups in total. The predicted molar refractivity (Wildman–Crippen MR) is 59.1 cm³/mol. The minimum absolute atomic E-state index is 0.216. The molecule has 0 saturated heterocycles. The molecule has 0 radical (unpaired) electrons. The predicted octanol–water partition coefficient (Wildman–Crippen LogP) is 3.62. The van der Waals surface area contributed by atoms with Crippen LogP contribution in [0.25, 0.3) is 0 Å². The molecule has 0 unspecified atom stereocenters. The minimum Gasteiger partial charge on any atom is -0.392 e. The Morgan fingerprint density at radius 3 is 2.50 bits per heavy atom. The van der Waals surface area contributed by atoms with Crippen LogP contribution in [-0.4, -0.2) is 11.2 Å². The first-order valence-corrected chi connectivity index (χ1v) is 5.57. The third-order valence-corrected chi connectivity index (χ3v) is 3.59. The maximum absolute atomic E-state index is 9.73. The molecule has 1 nitrogen and oxygen atoms in total. The summed E-state index contributed by atoms with van der Waals surface area (Å²) in [5, 5.41) is 10.9. The van der Waals surface area contributed by atoms with Crippen LogP contribution in [-0.2, 0) is 0 Å². The Balaban J connectivity index is 2.28. The van der Waals surface area contributed by atoms with Gasteiger partial charge in [0.05, 0.1) is 16.1 Å². The van der Waals surface area contributed by atoms with Gasteiger partial charge in [0.2, 0.25) is 0 Å². The molecule has 2 atom stereocenters. The smallest absolute Gasteiger partial charge is 0.0608 e. The van der Waals surface area contributed by atoms with Crippen LogP contribution in [0.15, 0.2) is 18.2 Å². The van der Waals surface area contributed by atoms with Crippen LogP contribution in [0, 0.1) is 0 Å². The second-order valence-electron chi connectivity index (χ2n) is 3.78. The number of benzene rings is 1. The summed E-state index contributed by atoms with van der Waals surface area (Å²) in [5.41, 5.74) is 1.10. The van der Waals surface area contributed by atoms with Gasteiger partial charge >= 0.3 is 0 Å². The van der Waals surface area contributed by atoms with Crippen molar-refractivity contribution in [2.75, 3.05) is 0 Å². The summed E-state index contributed by atoms with van der Waals surface area (Å²) >= 11 is 11.8. The molecule has 2 rings (SSSR count). The summed E-state index contributed by atoms with van der Waals surface area (Å²) in [6.45, 7) is 0. The molecule has 0 amide bonds. The third-order valence-electron chi connectivity index (χ3n) is 2.85. The average Bonchev–Trinajstić information content (AvgIpc) is 2.57. The van der Waals surface area contributed by atoms with Crippen molar-refractivity contribution in [3.05, 3.63) is 33.8 Å². The van der Waals surface area contributed by atoms with Gasteiger partial charge in [0.25, 0.3) is 0 Å². The highest BCUT2D eigenvalue weighted by atomic mass is 35.5. The summed E-state index contributed by atoms with van der Waals surface area (Å²) in [4.78, 5) is 0. The molecular formula is C11H12Cl2O. The lowest BCUT2D eigenvalue weighted by Crippen LogP contribution is -2.10. The fourth-order valence-corrected chi connectivity index (χ4v) is 2.38. The molecule has 0 aliphatic heterocycles. The molecule has 1 aliphatic carbocycles. The van der Waals surface area contributed by atoms with Crippen molar-refractivity contribution in [2.45, 2.75) is 31.3 Å². The Labute approximate surface area is 93.7 Å². The molecule has 1 aromatic rings. The maximum atomic E-state index is 9.73. The van der Waals surface area contributed by atoms with Gasteiger partial charge in [-0.05, 0) is 30.5 Å². The molecule has 0 spiro atoms. The Morgan fingerprint density at radius 1 is 1.14 bits per heavy atom. The summed E-state index contributed by atoms with van der Waals surface area (Å²) < 4.78 is 0. The van der Waals surface area contributed by atoms with Crippen molar-refractivity contribution < 1.29 is 5.11 Å². The normalized spacial score (nSPS) is 26.8. The van der Waals surface area contributed by atoms with E-state index >= 15 is 0 Å². The number of halogens is 2. The summed E-state index contributed by atoms with van der Waals surface area (Å²) in [6, 6.07) is 5.61. The highest BCUT2D eigenvalue weighted by molar-refractivity contribution is 6.42. The van der Waals surface area contributed by atoms with Gasteiger partial charge in [0.1, 0.15) is 0 Å². The van der Waals surface area contributed by atoms with Gasteiger partial charge in [0, 0.05) is 5.92 Å². The maximum Gasteiger partial charge on any atom is 0.0608 e. The molecular weight excluding hydrogens is 219 g/mol. The summed E-state index contributed by atoms with van der Waals surface area (Å²) in [5.74, 6) is 0.241. The van der Waals surface area contributed by atoms with Crippen molar-refractivity contribution in [1.29, 1.82) is 0 Å². The van der Waals surface area contributed by atoms with E-state index in [2.05, 4.69) is 0 Å². The van der Waals surface area contributed by atoms with Gasteiger partial charge in [-0.2, -0.15) is 0 Å². The molecule has 0 aromatic heterocycles. The fourth-order valence-electron chi connectivity index (χ4n) is 2.07. The van der Waals surface area contributed by atoms with Crippen molar-refractivity contribution in [3.8, 4) is 0 Å². The molecule has 3 heteroatoms. The largest absolute Gasteiger partial charge is 0.392 e. The first-order valence-electron chi connectivity index (χ1n) is 4.81. The minimum atomic E-state index is -0.216. The standard InChI is InChI=1S/C11H12Cl2O/c12-9-5-4-7(6-10(9)13)8-2-1-3-11(8)14/h4-6,8,11,14H,1-3H2/t8-,11+/m1/s1. The fraction of sp³-hybridized carbons (Fsp3) is 0.455. The van der Waals surface area contributed by atoms with Gasteiger partial charge in [-0.3, -0.25) is 0 Å². The van der Waals surface area contributed by atoms with Gasteiger partial charge < -0.3 is 5.11 Å². The number of hydrogen-bond acceptors (Lipinski definition) is 1. The molecule has 14 heavy (non-hydrogen) atoms. The molecule has 1 fully saturated rings. The van der Waals surface area contributed by atoms with Crippen LogP contribution in [0.5, 0.6) is 0 Å². The molecule has 0 heterocycles. The van der Waals surface area contributed by atoms with Crippen molar-refractivity contribution in [1.82, 2.24) is 0 Å². The van der Waals surface area contributed by atoms with E-state index < -0.39 is 0 Å². The lowest BCUT2D eigenvalue weighted by atomic mass is 9.96. The lowest BCUT2D eigenvalue weighted by Gasteiger charge is -2.15. The van der Waals surface area contributed by atoms with Crippen LogP contribution >= 0.6 is 23.2 Å². The number of aliphatic hydroxyl groups excluding tert-OH is 1. The first-order chi connectivity index (χ1) is 6.68. The van der Waals surface area contributed by atoms with Crippen LogP contribution in [0.3, 0.4) is 0 Å². The van der Waals surface area contributed by atoms with Crippen LogP contribution < -0.4 is 0 Å². The van der Waals surface area contributed by atoms with E-state index in [1.54, 1.807) is 6.07 Å². The second kappa shape index (κ2) is 4.09. The van der Waals surface area contributed by atoms with Crippen LogP contribution in [0.1, 0.15) is 30.7 Å². The zero-order chi connectivity index (χ0) is 10.1. The van der Waals surface area contributed by atoms with Crippen molar-refractivity contribution in [3.63, 3.8) is 0 Å². The van der Waals surface area contributed by atoms with Gasteiger partial charge in [0.15, 0.2) is 0 Å². The van der Waals surface area contributed by atoms with E-state index in [0.29, 0.717) is 10.0 Å². The summed E-state index contributed by atoms with van der Waals surface area (Å²) in [6.07, 6.45) is 2.81. The first kappa shape index (κ1) is 10.3. The highest BCUT2D eigenvalue weighted by Gasteiger charge is 2.26. The van der Waals surface area contributed by atoms with Gasteiger partial charge in [-0.25, -0.2) is 0 Å². The molecule has 1 aromatic carbocycles. The quantitative estimate of drug-likeness (QED) is 0.782. The average molecular weight is 231 g/mol. The Hall–Kier alpha value is -0.240. The van der Waals surface area contributed by atoms with E-state index in [0.717, 1.165) is 24.8 Å². The molecule has 76 valence electrons. The van der Waals surface area contributed by atoms with E-state index in [9.17, 15) is 5.11 Å². The highest BCUT2D eigenvalue weighted by Crippen LogP contribution is 2.36.